The van der Waals surface area contributed by atoms with Crippen LogP contribution in [0.25, 0.3) is 0 Å². The normalized spacial score (nSPS) is 23.7. The number of piperidine rings is 1. The highest BCUT2D eigenvalue weighted by Crippen LogP contribution is 2.15. The molecule has 1 aromatic rings. The van der Waals surface area contributed by atoms with Gasteiger partial charge in [0, 0.05) is 21.7 Å². The van der Waals surface area contributed by atoms with E-state index >= 15 is 0 Å². The van der Waals surface area contributed by atoms with Crippen molar-refractivity contribution in [3.05, 3.63) is 32.9 Å². The fourth-order valence-corrected chi connectivity index (χ4v) is 2.68. The van der Waals surface area contributed by atoms with Gasteiger partial charge in [0.25, 0.3) is 5.91 Å². The molecule has 18 heavy (non-hydrogen) atoms. The van der Waals surface area contributed by atoms with Crippen LogP contribution < -0.4 is 10.6 Å². The van der Waals surface area contributed by atoms with Crippen LogP contribution >= 0.6 is 22.6 Å². The number of benzene rings is 1. The number of carbonyl (C=O) groups excluding carboxylic acids is 1. The second-order valence-electron chi connectivity index (χ2n) is 5.01. The van der Waals surface area contributed by atoms with Gasteiger partial charge in [-0.3, -0.25) is 4.79 Å². The molecule has 3 nitrogen and oxygen atoms in total. The third-order valence-corrected chi connectivity index (χ3v) is 4.74. The number of carbonyl (C=O) groups is 1. The van der Waals surface area contributed by atoms with Crippen molar-refractivity contribution in [2.45, 2.75) is 26.3 Å². The van der Waals surface area contributed by atoms with Crippen LogP contribution in [-0.4, -0.2) is 25.0 Å². The molecule has 1 amide bonds. The van der Waals surface area contributed by atoms with Gasteiger partial charge in [0.05, 0.1) is 0 Å². The highest BCUT2D eigenvalue weighted by molar-refractivity contribution is 14.1. The van der Waals surface area contributed by atoms with E-state index in [2.05, 4.69) is 47.1 Å². The number of hydrogen-bond acceptors (Lipinski definition) is 2. The molecule has 1 aromatic carbocycles. The molecule has 1 aliphatic heterocycles. The minimum absolute atomic E-state index is 0.0356. The SMILES string of the molecule is Cc1ccc(C(=O)NC2CNCCC2C)cc1I. The third-order valence-electron chi connectivity index (χ3n) is 3.58. The molecule has 1 saturated heterocycles. The molecule has 0 spiro atoms. The standard InChI is InChI=1S/C14H19IN2O/c1-9-3-4-11(7-12(9)15)14(18)17-13-8-16-6-5-10(13)2/h3-4,7,10,13,16H,5-6,8H2,1-2H3,(H,17,18). The molecule has 1 aliphatic rings. The number of rotatable bonds is 2. The van der Waals surface area contributed by atoms with E-state index in [-0.39, 0.29) is 11.9 Å². The van der Waals surface area contributed by atoms with Crippen LogP contribution in [0.4, 0.5) is 0 Å². The largest absolute Gasteiger partial charge is 0.348 e. The summed E-state index contributed by atoms with van der Waals surface area (Å²) in [4.78, 5) is 12.2. The Bertz CT molecular complexity index is 447. The maximum atomic E-state index is 12.2. The van der Waals surface area contributed by atoms with Crippen LogP contribution in [0.15, 0.2) is 18.2 Å². The summed E-state index contributed by atoms with van der Waals surface area (Å²) in [5, 5.41) is 6.45. The maximum Gasteiger partial charge on any atom is 0.251 e. The van der Waals surface area contributed by atoms with E-state index in [9.17, 15) is 4.79 Å². The molecule has 0 saturated carbocycles. The molecule has 0 aliphatic carbocycles. The van der Waals surface area contributed by atoms with E-state index in [0.29, 0.717) is 5.92 Å². The van der Waals surface area contributed by atoms with Crippen molar-refractivity contribution in [2.24, 2.45) is 5.92 Å². The first-order chi connectivity index (χ1) is 8.58. The van der Waals surface area contributed by atoms with Crippen LogP contribution in [0.5, 0.6) is 0 Å². The van der Waals surface area contributed by atoms with Gasteiger partial charge in [-0.05, 0) is 66.1 Å². The van der Waals surface area contributed by atoms with Crippen molar-refractivity contribution in [1.29, 1.82) is 0 Å². The van der Waals surface area contributed by atoms with Crippen molar-refractivity contribution in [3.63, 3.8) is 0 Å². The molecule has 2 rings (SSSR count). The summed E-state index contributed by atoms with van der Waals surface area (Å²) in [7, 11) is 0. The lowest BCUT2D eigenvalue weighted by Gasteiger charge is -2.30. The van der Waals surface area contributed by atoms with Crippen LogP contribution in [-0.2, 0) is 0 Å². The second-order valence-corrected chi connectivity index (χ2v) is 6.18. The zero-order valence-corrected chi connectivity index (χ0v) is 13.0. The van der Waals surface area contributed by atoms with Crippen molar-refractivity contribution in [2.75, 3.05) is 13.1 Å². The van der Waals surface area contributed by atoms with Crippen molar-refractivity contribution < 1.29 is 4.79 Å². The van der Waals surface area contributed by atoms with E-state index in [1.165, 1.54) is 5.56 Å². The Morgan fingerprint density at radius 1 is 1.50 bits per heavy atom. The monoisotopic (exact) mass is 358 g/mol. The van der Waals surface area contributed by atoms with Crippen molar-refractivity contribution in [1.82, 2.24) is 10.6 Å². The van der Waals surface area contributed by atoms with Gasteiger partial charge in [-0.2, -0.15) is 0 Å². The van der Waals surface area contributed by atoms with Gasteiger partial charge in [0.15, 0.2) is 0 Å². The van der Waals surface area contributed by atoms with Crippen LogP contribution in [0, 0.1) is 16.4 Å². The second kappa shape index (κ2) is 6.02. The van der Waals surface area contributed by atoms with Gasteiger partial charge in [-0.15, -0.1) is 0 Å². The summed E-state index contributed by atoms with van der Waals surface area (Å²) >= 11 is 2.27. The molecule has 1 heterocycles. The highest BCUT2D eigenvalue weighted by Gasteiger charge is 2.23. The number of amides is 1. The lowest BCUT2D eigenvalue weighted by Crippen LogP contribution is -2.50. The molecule has 0 radical (unpaired) electrons. The minimum Gasteiger partial charge on any atom is -0.348 e. The van der Waals surface area contributed by atoms with Crippen LogP contribution in [0.2, 0.25) is 0 Å². The first-order valence-corrected chi connectivity index (χ1v) is 7.43. The Morgan fingerprint density at radius 2 is 2.28 bits per heavy atom. The summed E-state index contributed by atoms with van der Waals surface area (Å²) in [6, 6.07) is 6.09. The molecule has 1 fully saturated rings. The van der Waals surface area contributed by atoms with Gasteiger partial charge in [-0.1, -0.05) is 13.0 Å². The molecule has 98 valence electrons. The summed E-state index contributed by atoms with van der Waals surface area (Å²) in [5.41, 5.74) is 1.96. The Hall–Kier alpha value is -0.620. The lowest BCUT2D eigenvalue weighted by molar-refractivity contribution is 0.0915. The Kier molecular flexibility index (Phi) is 4.61. The van der Waals surface area contributed by atoms with Crippen LogP contribution in [0.1, 0.15) is 29.3 Å². The summed E-state index contributed by atoms with van der Waals surface area (Å²) < 4.78 is 1.13. The molecule has 2 N–H and O–H groups in total. The fraction of sp³-hybridized carbons (Fsp3) is 0.500. The van der Waals surface area contributed by atoms with Crippen molar-refractivity contribution in [3.8, 4) is 0 Å². The topological polar surface area (TPSA) is 41.1 Å². The van der Waals surface area contributed by atoms with Gasteiger partial charge in [-0.25, -0.2) is 0 Å². The number of hydrogen-bond donors (Lipinski definition) is 2. The molecular weight excluding hydrogens is 339 g/mol. The van der Waals surface area contributed by atoms with E-state index in [4.69, 9.17) is 0 Å². The molecule has 2 atom stereocenters. The minimum atomic E-state index is 0.0356. The van der Waals surface area contributed by atoms with Crippen LogP contribution in [0.3, 0.4) is 0 Å². The van der Waals surface area contributed by atoms with Gasteiger partial charge < -0.3 is 10.6 Å². The molecule has 2 unspecified atom stereocenters. The first-order valence-electron chi connectivity index (χ1n) is 6.35. The predicted molar refractivity (Wildman–Crippen MR) is 81.8 cm³/mol. The van der Waals surface area contributed by atoms with Crippen molar-refractivity contribution >= 4 is 28.5 Å². The lowest BCUT2D eigenvalue weighted by atomic mass is 9.94. The summed E-state index contributed by atoms with van der Waals surface area (Å²) in [6.07, 6.45) is 1.12. The Morgan fingerprint density at radius 3 is 2.94 bits per heavy atom. The third kappa shape index (κ3) is 3.23. The Balaban J connectivity index is 2.04. The van der Waals surface area contributed by atoms with Gasteiger partial charge >= 0.3 is 0 Å². The molecule has 0 bridgehead atoms. The quantitative estimate of drug-likeness (QED) is 0.797. The highest BCUT2D eigenvalue weighted by atomic mass is 127. The molecule has 0 aromatic heterocycles. The maximum absolute atomic E-state index is 12.2. The average Bonchev–Trinajstić information content (AvgIpc) is 2.35. The zero-order chi connectivity index (χ0) is 13.1. The average molecular weight is 358 g/mol. The summed E-state index contributed by atoms with van der Waals surface area (Å²) in [6.45, 7) is 6.17. The summed E-state index contributed by atoms with van der Waals surface area (Å²) in [5.74, 6) is 0.577. The fourth-order valence-electron chi connectivity index (χ4n) is 2.17. The van der Waals surface area contributed by atoms with E-state index in [1.54, 1.807) is 0 Å². The van der Waals surface area contributed by atoms with E-state index < -0.39 is 0 Å². The van der Waals surface area contributed by atoms with Gasteiger partial charge in [0.1, 0.15) is 0 Å². The Labute approximate surface area is 122 Å². The van der Waals surface area contributed by atoms with Gasteiger partial charge in [0.2, 0.25) is 0 Å². The number of nitrogens with one attached hydrogen (secondary N) is 2. The predicted octanol–water partition coefficient (Wildman–Crippen LogP) is 2.33. The number of halogens is 1. The molecule has 4 heteroatoms. The van der Waals surface area contributed by atoms with E-state index in [1.807, 2.05) is 18.2 Å². The molecular formula is C14H19IN2O. The van der Waals surface area contributed by atoms with E-state index in [0.717, 1.165) is 28.6 Å². The smallest absolute Gasteiger partial charge is 0.251 e. The first kappa shape index (κ1) is 13.8. The number of aryl methyl sites for hydroxylation is 1. The zero-order valence-electron chi connectivity index (χ0n) is 10.8.